The third-order valence-corrected chi connectivity index (χ3v) is 3.70. The molecule has 0 saturated heterocycles. The van der Waals surface area contributed by atoms with Gasteiger partial charge in [0.05, 0.1) is 0 Å². The SMILES string of the molecule is CCCC(N)CCNC(CC)(CC)CC. The lowest BCUT2D eigenvalue weighted by molar-refractivity contribution is 0.285. The third-order valence-electron chi connectivity index (χ3n) is 3.70. The van der Waals surface area contributed by atoms with Gasteiger partial charge in [0.1, 0.15) is 0 Å². The zero-order chi connectivity index (χ0) is 11.7. The van der Waals surface area contributed by atoms with E-state index in [1.165, 1.54) is 25.7 Å². The Labute approximate surface area is 96.0 Å². The Balaban J connectivity index is 3.80. The van der Waals surface area contributed by atoms with Crippen LogP contribution < -0.4 is 11.1 Å². The standard InChI is InChI=1S/C13H30N2/c1-5-9-12(14)10-11-15-13(6-2,7-3)8-4/h12,15H,5-11,14H2,1-4H3. The molecule has 0 amide bonds. The quantitative estimate of drug-likeness (QED) is 0.619. The molecule has 0 aromatic rings. The number of rotatable bonds is 9. The molecule has 0 saturated carbocycles. The molecule has 2 nitrogen and oxygen atoms in total. The fourth-order valence-corrected chi connectivity index (χ4v) is 2.16. The Hall–Kier alpha value is -0.0800. The van der Waals surface area contributed by atoms with E-state index in [2.05, 4.69) is 33.0 Å². The van der Waals surface area contributed by atoms with E-state index in [0.29, 0.717) is 11.6 Å². The molecular formula is C13H30N2. The Kier molecular flexibility index (Phi) is 8.07. The summed E-state index contributed by atoms with van der Waals surface area (Å²) >= 11 is 0. The van der Waals surface area contributed by atoms with Crippen LogP contribution in [-0.4, -0.2) is 18.1 Å². The predicted molar refractivity (Wildman–Crippen MR) is 69.1 cm³/mol. The van der Waals surface area contributed by atoms with Crippen LogP contribution in [0.25, 0.3) is 0 Å². The van der Waals surface area contributed by atoms with Crippen molar-refractivity contribution in [2.24, 2.45) is 5.73 Å². The van der Waals surface area contributed by atoms with E-state index in [9.17, 15) is 0 Å². The molecule has 92 valence electrons. The molecule has 0 fully saturated rings. The molecule has 0 spiro atoms. The zero-order valence-corrected chi connectivity index (χ0v) is 11.1. The summed E-state index contributed by atoms with van der Waals surface area (Å²) < 4.78 is 0. The van der Waals surface area contributed by atoms with Crippen molar-refractivity contribution in [1.82, 2.24) is 5.32 Å². The third kappa shape index (κ3) is 5.53. The van der Waals surface area contributed by atoms with E-state index in [1.54, 1.807) is 0 Å². The molecule has 0 aliphatic heterocycles. The minimum absolute atomic E-state index is 0.353. The van der Waals surface area contributed by atoms with E-state index >= 15 is 0 Å². The Bertz CT molecular complexity index is 133. The Morgan fingerprint density at radius 3 is 1.93 bits per heavy atom. The van der Waals surface area contributed by atoms with Gasteiger partial charge in [-0.15, -0.1) is 0 Å². The summed E-state index contributed by atoms with van der Waals surface area (Å²) in [5, 5.41) is 3.69. The maximum Gasteiger partial charge on any atom is 0.0173 e. The minimum Gasteiger partial charge on any atom is -0.328 e. The van der Waals surface area contributed by atoms with Gasteiger partial charge in [0.25, 0.3) is 0 Å². The molecule has 1 unspecified atom stereocenters. The summed E-state index contributed by atoms with van der Waals surface area (Å²) in [6.45, 7) is 10.1. The second-order valence-corrected chi connectivity index (χ2v) is 4.61. The molecule has 0 aliphatic rings. The average Bonchev–Trinajstić information content (AvgIpc) is 2.25. The van der Waals surface area contributed by atoms with Crippen molar-refractivity contribution >= 4 is 0 Å². The molecule has 0 bridgehead atoms. The molecule has 0 rings (SSSR count). The van der Waals surface area contributed by atoms with E-state index in [-0.39, 0.29) is 0 Å². The second-order valence-electron chi connectivity index (χ2n) is 4.61. The number of nitrogens with one attached hydrogen (secondary N) is 1. The smallest absolute Gasteiger partial charge is 0.0173 e. The van der Waals surface area contributed by atoms with Crippen molar-refractivity contribution in [3.63, 3.8) is 0 Å². The number of nitrogens with two attached hydrogens (primary N) is 1. The Morgan fingerprint density at radius 2 is 1.53 bits per heavy atom. The molecular weight excluding hydrogens is 184 g/mol. The van der Waals surface area contributed by atoms with Crippen LogP contribution in [0, 0.1) is 0 Å². The normalized spacial score (nSPS) is 14.2. The zero-order valence-electron chi connectivity index (χ0n) is 11.1. The average molecular weight is 214 g/mol. The highest BCUT2D eigenvalue weighted by Gasteiger charge is 2.22. The monoisotopic (exact) mass is 214 g/mol. The molecule has 2 heteroatoms. The molecule has 15 heavy (non-hydrogen) atoms. The van der Waals surface area contributed by atoms with Crippen LogP contribution in [0.4, 0.5) is 0 Å². The van der Waals surface area contributed by atoms with Gasteiger partial charge in [0, 0.05) is 11.6 Å². The number of hydrogen-bond acceptors (Lipinski definition) is 2. The van der Waals surface area contributed by atoms with Gasteiger partial charge in [-0.1, -0.05) is 34.1 Å². The van der Waals surface area contributed by atoms with Gasteiger partial charge in [-0.3, -0.25) is 0 Å². The first-order chi connectivity index (χ1) is 7.14. The maximum atomic E-state index is 6.00. The van der Waals surface area contributed by atoms with Crippen molar-refractivity contribution < 1.29 is 0 Å². The number of hydrogen-bond donors (Lipinski definition) is 2. The molecule has 0 aromatic heterocycles. The summed E-state index contributed by atoms with van der Waals surface area (Å²) in [4.78, 5) is 0. The molecule has 0 aliphatic carbocycles. The maximum absolute atomic E-state index is 6.00. The van der Waals surface area contributed by atoms with Crippen LogP contribution in [0.2, 0.25) is 0 Å². The summed E-state index contributed by atoms with van der Waals surface area (Å²) in [5.41, 5.74) is 6.35. The lowest BCUT2D eigenvalue weighted by atomic mass is 9.89. The fraction of sp³-hybridized carbons (Fsp3) is 1.00. The van der Waals surface area contributed by atoms with Crippen LogP contribution in [0.1, 0.15) is 66.2 Å². The topological polar surface area (TPSA) is 38.0 Å². The lowest BCUT2D eigenvalue weighted by Gasteiger charge is -2.32. The van der Waals surface area contributed by atoms with Crippen molar-refractivity contribution in [2.75, 3.05) is 6.54 Å². The molecule has 0 heterocycles. The van der Waals surface area contributed by atoms with Gasteiger partial charge in [-0.05, 0) is 38.6 Å². The summed E-state index contributed by atoms with van der Waals surface area (Å²) in [6, 6.07) is 0.380. The summed E-state index contributed by atoms with van der Waals surface area (Å²) in [5.74, 6) is 0. The van der Waals surface area contributed by atoms with Gasteiger partial charge < -0.3 is 11.1 Å². The van der Waals surface area contributed by atoms with Gasteiger partial charge in [0.15, 0.2) is 0 Å². The first kappa shape index (κ1) is 14.9. The van der Waals surface area contributed by atoms with Crippen LogP contribution in [0.5, 0.6) is 0 Å². The van der Waals surface area contributed by atoms with Crippen molar-refractivity contribution in [2.45, 2.75) is 77.8 Å². The highest BCUT2D eigenvalue weighted by atomic mass is 15.0. The first-order valence-electron chi connectivity index (χ1n) is 6.64. The second kappa shape index (κ2) is 8.12. The van der Waals surface area contributed by atoms with Gasteiger partial charge in [-0.2, -0.15) is 0 Å². The highest BCUT2D eigenvalue weighted by Crippen LogP contribution is 2.19. The van der Waals surface area contributed by atoms with E-state index < -0.39 is 0 Å². The molecule has 3 N–H and O–H groups in total. The van der Waals surface area contributed by atoms with E-state index in [4.69, 9.17) is 5.73 Å². The van der Waals surface area contributed by atoms with E-state index in [1.807, 2.05) is 0 Å². The first-order valence-corrected chi connectivity index (χ1v) is 6.64. The van der Waals surface area contributed by atoms with Gasteiger partial charge in [-0.25, -0.2) is 0 Å². The molecule has 1 atom stereocenters. The minimum atomic E-state index is 0.353. The van der Waals surface area contributed by atoms with E-state index in [0.717, 1.165) is 19.4 Å². The van der Waals surface area contributed by atoms with Crippen molar-refractivity contribution in [1.29, 1.82) is 0 Å². The summed E-state index contributed by atoms with van der Waals surface area (Å²) in [7, 11) is 0. The summed E-state index contributed by atoms with van der Waals surface area (Å²) in [6.07, 6.45) is 7.09. The van der Waals surface area contributed by atoms with Gasteiger partial charge >= 0.3 is 0 Å². The molecule has 0 radical (unpaired) electrons. The van der Waals surface area contributed by atoms with Crippen LogP contribution >= 0.6 is 0 Å². The molecule has 0 aromatic carbocycles. The largest absolute Gasteiger partial charge is 0.328 e. The predicted octanol–water partition coefficient (Wildman–Crippen LogP) is 3.06. The van der Waals surface area contributed by atoms with Gasteiger partial charge in [0.2, 0.25) is 0 Å². The van der Waals surface area contributed by atoms with Crippen LogP contribution in [0.3, 0.4) is 0 Å². The van der Waals surface area contributed by atoms with Crippen molar-refractivity contribution in [3.8, 4) is 0 Å². The highest BCUT2D eigenvalue weighted by molar-refractivity contribution is 4.84. The fourth-order valence-electron chi connectivity index (χ4n) is 2.16. The lowest BCUT2D eigenvalue weighted by Crippen LogP contribution is -2.45. The Morgan fingerprint density at radius 1 is 1.00 bits per heavy atom. The van der Waals surface area contributed by atoms with Crippen molar-refractivity contribution in [3.05, 3.63) is 0 Å². The van der Waals surface area contributed by atoms with Crippen LogP contribution in [0.15, 0.2) is 0 Å². The van der Waals surface area contributed by atoms with Crippen LogP contribution in [-0.2, 0) is 0 Å².